The zero-order valence-corrected chi connectivity index (χ0v) is 15.2. The van der Waals surface area contributed by atoms with E-state index in [1.54, 1.807) is 11.0 Å². The first kappa shape index (κ1) is 15.6. The number of benzene rings is 1. The maximum atomic E-state index is 6.24. The van der Waals surface area contributed by atoms with E-state index in [9.17, 15) is 0 Å². The molecule has 4 heterocycles. The van der Waals surface area contributed by atoms with Crippen molar-refractivity contribution in [1.29, 1.82) is 0 Å². The average Bonchev–Trinajstić information content (AvgIpc) is 3.32. The predicted octanol–water partition coefficient (Wildman–Crippen LogP) is 3.62. The molecule has 0 fully saturated rings. The van der Waals surface area contributed by atoms with Crippen LogP contribution in [0.5, 0.6) is 0 Å². The van der Waals surface area contributed by atoms with Crippen LogP contribution in [0.2, 0.25) is 5.02 Å². The van der Waals surface area contributed by atoms with Crippen LogP contribution in [0, 0.1) is 0 Å². The number of rotatable bonds is 2. The first-order valence-electron chi connectivity index (χ1n) is 7.92. The molecule has 1 aromatic carbocycles. The minimum Gasteiger partial charge on any atom is -0.332 e. The Morgan fingerprint density at radius 2 is 2.15 bits per heavy atom. The Hall–Kier alpha value is -2.64. The molecule has 4 aromatic rings. The van der Waals surface area contributed by atoms with Gasteiger partial charge in [-0.1, -0.05) is 16.8 Å². The van der Waals surface area contributed by atoms with Crippen molar-refractivity contribution in [3.05, 3.63) is 52.8 Å². The van der Waals surface area contributed by atoms with E-state index in [2.05, 4.69) is 20.2 Å². The summed E-state index contributed by atoms with van der Waals surface area (Å²) in [6, 6.07) is 5.75. The Labute approximate surface area is 158 Å². The first-order valence-corrected chi connectivity index (χ1v) is 8.83. The molecule has 0 unspecified atom stereocenters. The van der Waals surface area contributed by atoms with Crippen molar-refractivity contribution in [2.75, 3.05) is 0 Å². The fraction of sp³-hybridized carbons (Fsp3) is 0.176. The van der Waals surface area contributed by atoms with E-state index < -0.39 is 0 Å². The van der Waals surface area contributed by atoms with E-state index in [0.29, 0.717) is 28.9 Å². The number of aromatic nitrogens is 6. The number of alkyl halides is 1. The molecule has 0 bridgehead atoms. The topological polar surface area (TPSA) is 74.6 Å². The average molecular weight is 387 g/mol. The van der Waals surface area contributed by atoms with Gasteiger partial charge < -0.3 is 9.09 Å². The van der Waals surface area contributed by atoms with Crippen LogP contribution in [0.1, 0.15) is 17.1 Å². The van der Waals surface area contributed by atoms with Crippen LogP contribution in [-0.2, 0) is 19.3 Å². The molecule has 0 aliphatic carbocycles. The molecular weight excluding hydrogens is 375 g/mol. The van der Waals surface area contributed by atoms with Gasteiger partial charge in [0.15, 0.2) is 11.5 Å². The lowest BCUT2D eigenvalue weighted by Gasteiger charge is -2.09. The molecule has 1 aliphatic rings. The van der Waals surface area contributed by atoms with E-state index in [1.165, 1.54) is 0 Å². The van der Waals surface area contributed by atoms with Crippen molar-refractivity contribution >= 4 is 23.2 Å². The molecule has 0 radical (unpaired) electrons. The molecule has 0 saturated carbocycles. The van der Waals surface area contributed by atoms with Gasteiger partial charge in [0, 0.05) is 35.8 Å². The summed E-state index contributed by atoms with van der Waals surface area (Å²) in [6.45, 7) is 0. The van der Waals surface area contributed by atoms with Gasteiger partial charge in [0.1, 0.15) is 6.33 Å². The highest BCUT2D eigenvalue weighted by atomic mass is 35.5. The maximum Gasteiger partial charge on any atom is 0.278 e. The van der Waals surface area contributed by atoms with E-state index in [4.69, 9.17) is 27.7 Å². The number of nitrogens with zero attached hydrogens (tertiary/aromatic N) is 6. The van der Waals surface area contributed by atoms with Gasteiger partial charge in [-0.05, 0) is 18.2 Å². The molecule has 3 aromatic heterocycles. The zero-order valence-electron chi connectivity index (χ0n) is 13.6. The largest absolute Gasteiger partial charge is 0.332 e. The van der Waals surface area contributed by atoms with E-state index in [-0.39, 0.29) is 5.88 Å². The van der Waals surface area contributed by atoms with Crippen molar-refractivity contribution in [3.8, 4) is 28.5 Å². The van der Waals surface area contributed by atoms with Crippen LogP contribution in [0.3, 0.4) is 0 Å². The molecule has 0 atom stereocenters. The summed E-state index contributed by atoms with van der Waals surface area (Å²) in [6.07, 6.45) is 4.39. The Balaban J connectivity index is 1.78. The smallest absolute Gasteiger partial charge is 0.278 e. The molecule has 1 aliphatic heterocycles. The molecule has 26 heavy (non-hydrogen) atoms. The predicted molar refractivity (Wildman–Crippen MR) is 96.4 cm³/mol. The van der Waals surface area contributed by atoms with Crippen LogP contribution in [-0.4, -0.2) is 29.5 Å². The summed E-state index contributed by atoms with van der Waals surface area (Å²) in [5.41, 5.74) is 5.50. The number of halogens is 2. The summed E-state index contributed by atoms with van der Waals surface area (Å²) in [4.78, 5) is 8.84. The summed E-state index contributed by atoms with van der Waals surface area (Å²) in [7, 11) is 1.90. The second-order valence-corrected chi connectivity index (χ2v) is 6.78. The maximum absolute atomic E-state index is 6.24. The van der Waals surface area contributed by atoms with E-state index >= 15 is 0 Å². The molecule has 0 saturated heterocycles. The van der Waals surface area contributed by atoms with Crippen LogP contribution >= 0.6 is 23.2 Å². The molecule has 9 heteroatoms. The highest BCUT2D eigenvalue weighted by Crippen LogP contribution is 2.38. The summed E-state index contributed by atoms with van der Waals surface area (Å²) >= 11 is 12.0. The van der Waals surface area contributed by atoms with Gasteiger partial charge in [-0.3, -0.25) is 4.68 Å². The number of hydrogen-bond donors (Lipinski definition) is 0. The lowest BCUT2D eigenvalue weighted by molar-refractivity contribution is 0.423. The Morgan fingerprint density at radius 3 is 2.96 bits per heavy atom. The molecule has 0 spiro atoms. The number of fused-ring (bicyclic) bond motifs is 5. The Morgan fingerprint density at radius 1 is 1.27 bits per heavy atom. The number of imidazole rings is 1. The molecule has 130 valence electrons. The summed E-state index contributed by atoms with van der Waals surface area (Å²) in [5.74, 6) is 0.983. The lowest BCUT2D eigenvalue weighted by Crippen LogP contribution is -2.00. The SMILES string of the molecule is Cn1cc2c(n1)-c1cc(Cl)ccc1-n1cnc(-c3nc(CCl)no3)c1C2. The minimum atomic E-state index is 0.188. The molecule has 7 nitrogen and oxygen atoms in total. The van der Waals surface area contributed by atoms with Crippen LogP contribution in [0.25, 0.3) is 28.5 Å². The van der Waals surface area contributed by atoms with Gasteiger partial charge in [0.25, 0.3) is 5.89 Å². The van der Waals surface area contributed by atoms with Crippen molar-refractivity contribution < 1.29 is 4.52 Å². The third kappa shape index (κ3) is 2.28. The molecule has 5 rings (SSSR count). The zero-order chi connectivity index (χ0) is 17.8. The Kier molecular flexibility index (Phi) is 3.41. The van der Waals surface area contributed by atoms with E-state index in [1.807, 2.05) is 36.0 Å². The fourth-order valence-electron chi connectivity index (χ4n) is 3.32. The van der Waals surface area contributed by atoms with Crippen molar-refractivity contribution in [3.63, 3.8) is 0 Å². The van der Waals surface area contributed by atoms with Crippen LogP contribution < -0.4 is 0 Å². The van der Waals surface area contributed by atoms with Gasteiger partial charge in [-0.25, -0.2) is 4.98 Å². The summed E-state index contributed by atoms with van der Waals surface area (Å²) in [5, 5.41) is 9.16. The van der Waals surface area contributed by atoms with Gasteiger partial charge in [-0.2, -0.15) is 10.1 Å². The number of aryl methyl sites for hydroxylation is 1. The van der Waals surface area contributed by atoms with Gasteiger partial charge in [-0.15, -0.1) is 11.6 Å². The Bertz CT molecular complexity index is 1140. The van der Waals surface area contributed by atoms with Crippen molar-refractivity contribution in [2.24, 2.45) is 7.05 Å². The van der Waals surface area contributed by atoms with E-state index in [0.717, 1.165) is 28.2 Å². The highest BCUT2D eigenvalue weighted by molar-refractivity contribution is 6.31. The van der Waals surface area contributed by atoms with Gasteiger partial charge in [0.2, 0.25) is 0 Å². The van der Waals surface area contributed by atoms with Crippen LogP contribution in [0.4, 0.5) is 0 Å². The van der Waals surface area contributed by atoms with Gasteiger partial charge >= 0.3 is 0 Å². The first-order chi connectivity index (χ1) is 12.6. The highest BCUT2D eigenvalue weighted by Gasteiger charge is 2.27. The van der Waals surface area contributed by atoms with Crippen molar-refractivity contribution in [2.45, 2.75) is 12.3 Å². The third-order valence-corrected chi connectivity index (χ3v) is 4.87. The summed E-state index contributed by atoms with van der Waals surface area (Å²) < 4.78 is 9.17. The third-order valence-electron chi connectivity index (χ3n) is 4.39. The number of hydrogen-bond acceptors (Lipinski definition) is 5. The molecule has 0 amide bonds. The quantitative estimate of drug-likeness (QED) is 0.433. The standard InChI is InChI=1S/C17H12Cl2N6O/c1-24-7-9-4-13-16(17-21-14(6-18)23-26-17)20-8-25(13)12-3-2-10(19)5-11(12)15(9)22-24/h2-3,5,7-8H,4,6H2,1H3. The molecular formula is C17H12Cl2N6O. The molecule has 0 N–H and O–H groups in total. The lowest BCUT2D eigenvalue weighted by atomic mass is 10.0. The van der Waals surface area contributed by atoms with Crippen LogP contribution in [0.15, 0.2) is 35.2 Å². The minimum absolute atomic E-state index is 0.188. The van der Waals surface area contributed by atoms with Crippen molar-refractivity contribution in [1.82, 2.24) is 29.5 Å². The second kappa shape index (κ2) is 5.69. The monoisotopic (exact) mass is 386 g/mol. The second-order valence-electron chi connectivity index (χ2n) is 6.07. The van der Waals surface area contributed by atoms with Gasteiger partial charge in [0.05, 0.1) is 23.0 Å². The normalized spacial score (nSPS) is 12.4. The fourth-order valence-corrected chi connectivity index (χ4v) is 3.60.